The smallest absolute Gasteiger partial charge is 0.262 e. The molecule has 3 heterocycles. The van der Waals surface area contributed by atoms with Crippen LogP contribution in [0.5, 0.6) is 0 Å². The molecule has 0 saturated carbocycles. The first-order chi connectivity index (χ1) is 13.1. The van der Waals surface area contributed by atoms with Gasteiger partial charge in [0.1, 0.15) is 12.2 Å². The molecule has 1 aliphatic heterocycles. The molecule has 27 heavy (non-hydrogen) atoms. The standard InChI is InChI=1S/C19H16N4O3S/c24-17(12-23-18(25)13-4-1-2-5-14(13)19(23)26)20-8-10-22-9-7-15(21-22)16-6-3-11-27-16/h1-7,9,11H,8,10,12H2,(H,20,24). The van der Waals surface area contributed by atoms with E-state index in [-0.39, 0.29) is 12.5 Å². The Morgan fingerprint density at radius 1 is 1.04 bits per heavy atom. The molecular weight excluding hydrogens is 364 g/mol. The van der Waals surface area contributed by atoms with Crippen LogP contribution in [0, 0.1) is 0 Å². The monoisotopic (exact) mass is 380 g/mol. The lowest BCUT2D eigenvalue weighted by Crippen LogP contribution is -2.41. The van der Waals surface area contributed by atoms with Crippen LogP contribution in [-0.2, 0) is 11.3 Å². The Balaban J connectivity index is 1.30. The molecule has 136 valence electrons. The van der Waals surface area contributed by atoms with Crippen molar-refractivity contribution in [2.45, 2.75) is 6.54 Å². The predicted molar refractivity (Wildman–Crippen MR) is 100 cm³/mol. The van der Waals surface area contributed by atoms with Crippen molar-refractivity contribution >= 4 is 29.1 Å². The summed E-state index contributed by atoms with van der Waals surface area (Å²) in [7, 11) is 0. The lowest BCUT2D eigenvalue weighted by Gasteiger charge is -2.13. The second-order valence-corrected chi connectivity index (χ2v) is 6.98. The number of hydrogen-bond acceptors (Lipinski definition) is 5. The van der Waals surface area contributed by atoms with Gasteiger partial charge in [-0.2, -0.15) is 5.10 Å². The third-order valence-corrected chi connectivity index (χ3v) is 5.15. The molecule has 1 aromatic carbocycles. The first-order valence-corrected chi connectivity index (χ1v) is 9.31. The molecule has 0 atom stereocenters. The number of hydrogen-bond donors (Lipinski definition) is 1. The van der Waals surface area contributed by atoms with Crippen molar-refractivity contribution in [1.82, 2.24) is 20.0 Å². The minimum absolute atomic E-state index is 0.286. The number of thiophene rings is 1. The highest BCUT2D eigenvalue weighted by Gasteiger charge is 2.36. The summed E-state index contributed by atoms with van der Waals surface area (Å²) in [5, 5.41) is 9.18. The Labute approximate surface area is 159 Å². The van der Waals surface area contributed by atoms with Gasteiger partial charge in [-0.15, -0.1) is 11.3 Å². The highest BCUT2D eigenvalue weighted by molar-refractivity contribution is 7.13. The molecule has 0 unspecified atom stereocenters. The summed E-state index contributed by atoms with van der Waals surface area (Å²) >= 11 is 1.62. The average Bonchev–Trinajstić information content (AvgIpc) is 3.40. The summed E-state index contributed by atoms with van der Waals surface area (Å²) in [5.74, 6) is -1.24. The molecule has 7 nitrogen and oxygen atoms in total. The van der Waals surface area contributed by atoms with Crippen LogP contribution >= 0.6 is 11.3 Å². The molecule has 4 rings (SSSR count). The van der Waals surface area contributed by atoms with Crippen molar-refractivity contribution in [3.63, 3.8) is 0 Å². The Morgan fingerprint density at radius 2 is 1.78 bits per heavy atom. The van der Waals surface area contributed by atoms with E-state index in [0.29, 0.717) is 24.2 Å². The van der Waals surface area contributed by atoms with Gasteiger partial charge < -0.3 is 5.32 Å². The van der Waals surface area contributed by atoms with Crippen LogP contribution < -0.4 is 5.32 Å². The van der Waals surface area contributed by atoms with Crippen LogP contribution in [0.25, 0.3) is 10.6 Å². The van der Waals surface area contributed by atoms with Gasteiger partial charge in [-0.25, -0.2) is 0 Å². The van der Waals surface area contributed by atoms with E-state index in [2.05, 4.69) is 10.4 Å². The Hall–Kier alpha value is -3.26. The van der Waals surface area contributed by atoms with Crippen molar-refractivity contribution < 1.29 is 14.4 Å². The van der Waals surface area contributed by atoms with Crippen LogP contribution in [0.15, 0.2) is 54.0 Å². The van der Waals surface area contributed by atoms with Crippen LogP contribution in [-0.4, -0.2) is 45.5 Å². The first-order valence-electron chi connectivity index (χ1n) is 8.43. The molecule has 0 saturated heterocycles. The number of nitrogens with one attached hydrogen (secondary N) is 1. The fourth-order valence-electron chi connectivity index (χ4n) is 2.93. The summed E-state index contributed by atoms with van der Waals surface area (Å²) < 4.78 is 1.75. The van der Waals surface area contributed by atoms with Gasteiger partial charge >= 0.3 is 0 Å². The summed E-state index contributed by atoms with van der Waals surface area (Å²) in [6.07, 6.45) is 1.85. The van der Waals surface area contributed by atoms with Gasteiger partial charge in [0.05, 0.1) is 22.5 Å². The fourth-order valence-corrected chi connectivity index (χ4v) is 3.62. The number of amides is 3. The Bertz CT molecular complexity index is 975. The van der Waals surface area contributed by atoms with Gasteiger partial charge in [-0.3, -0.25) is 24.0 Å². The van der Waals surface area contributed by atoms with Gasteiger partial charge in [0.25, 0.3) is 11.8 Å². The van der Waals surface area contributed by atoms with Crippen molar-refractivity contribution in [3.05, 3.63) is 65.2 Å². The zero-order valence-electron chi connectivity index (χ0n) is 14.3. The van der Waals surface area contributed by atoms with Gasteiger partial charge in [-0.1, -0.05) is 18.2 Å². The molecule has 1 N–H and O–H groups in total. The maximum Gasteiger partial charge on any atom is 0.262 e. The minimum atomic E-state index is -0.432. The number of aromatic nitrogens is 2. The van der Waals surface area contributed by atoms with E-state index >= 15 is 0 Å². The molecule has 2 aromatic heterocycles. The third kappa shape index (κ3) is 3.39. The highest BCUT2D eigenvalue weighted by atomic mass is 32.1. The number of rotatable bonds is 6. The fraction of sp³-hybridized carbons (Fsp3) is 0.158. The summed E-state index contributed by atoms with van der Waals surface area (Å²) in [6, 6.07) is 12.5. The Morgan fingerprint density at radius 3 is 2.44 bits per heavy atom. The summed E-state index contributed by atoms with van der Waals surface area (Å²) in [4.78, 5) is 38.7. The lowest BCUT2D eigenvalue weighted by molar-refractivity contribution is -0.121. The van der Waals surface area contributed by atoms with Gasteiger partial charge in [0.2, 0.25) is 5.91 Å². The van der Waals surface area contributed by atoms with Gasteiger partial charge in [0.15, 0.2) is 0 Å². The summed E-state index contributed by atoms with van der Waals surface area (Å²) in [5.41, 5.74) is 1.57. The van der Waals surface area contributed by atoms with E-state index in [0.717, 1.165) is 15.5 Å². The topological polar surface area (TPSA) is 84.3 Å². The van der Waals surface area contributed by atoms with Crippen LogP contribution in [0.3, 0.4) is 0 Å². The SMILES string of the molecule is O=C(CN1C(=O)c2ccccc2C1=O)NCCn1ccc(-c2cccs2)n1. The predicted octanol–water partition coefficient (Wildman–Crippen LogP) is 2.02. The number of carbonyl (C=O) groups is 3. The minimum Gasteiger partial charge on any atom is -0.353 e. The quantitative estimate of drug-likeness (QED) is 0.663. The second kappa shape index (κ2) is 7.16. The first kappa shape index (κ1) is 17.2. The molecule has 0 bridgehead atoms. The van der Waals surface area contributed by atoms with Crippen molar-refractivity contribution in [3.8, 4) is 10.6 Å². The van der Waals surface area contributed by atoms with Crippen LogP contribution in [0.4, 0.5) is 0 Å². The van der Waals surface area contributed by atoms with E-state index in [1.807, 2.05) is 29.8 Å². The maximum atomic E-state index is 12.3. The zero-order chi connectivity index (χ0) is 18.8. The molecule has 0 fully saturated rings. The normalized spacial score (nSPS) is 13.1. The third-order valence-electron chi connectivity index (χ3n) is 4.26. The number of benzene rings is 1. The lowest BCUT2D eigenvalue weighted by atomic mass is 10.1. The van der Waals surface area contributed by atoms with E-state index in [9.17, 15) is 14.4 Å². The molecule has 1 aliphatic rings. The van der Waals surface area contributed by atoms with E-state index in [1.54, 1.807) is 40.3 Å². The molecular formula is C19H16N4O3S. The number of nitrogens with zero attached hydrogens (tertiary/aromatic N) is 3. The largest absolute Gasteiger partial charge is 0.353 e. The van der Waals surface area contributed by atoms with Gasteiger partial charge in [0, 0.05) is 12.7 Å². The van der Waals surface area contributed by atoms with Gasteiger partial charge in [-0.05, 0) is 29.6 Å². The maximum absolute atomic E-state index is 12.3. The van der Waals surface area contributed by atoms with Crippen LogP contribution in [0.1, 0.15) is 20.7 Å². The number of imide groups is 1. The number of carbonyl (C=O) groups excluding carboxylic acids is 3. The second-order valence-electron chi connectivity index (χ2n) is 6.03. The average molecular weight is 380 g/mol. The molecule has 3 aromatic rings. The van der Waals surface area contributed by atoms with Crippen molar-refractivity contribution in [2.24, 2.45) is 0 Å². The summed E-state index contributed by atoms with van der Waals surface area (Å²) in [6.45, 7) is 0.568. The number of fused-ring (bicyclic) bond motifs is 1. The van der Waals surface area contributed by atoms with Crippen LogP contribution in [0.2, 0.25) is 0 Å². The zero-order valence-corrected chi connectivity index (χ0v) is 15.1. The highest BCUT2D eigenvalue weighted by Crippen LogP contribution is 2.23. The molecule has 8 heteroatoms. The van der Waals surface area contributed by atoms with E-state index in [4.69, 9.17) is 0 Å². The Kier molecular flexibility index (Phi) is 4.55. The van der Waals surface area contributed by atoms with E-state index in [1.165, 1.54) is 0 Å². The molecule has 0 aliphatic carbocycles. The molecule has 0 radical (unpaired) electrons. The van der Waals surface area contributed by atoms with E-state index < -0.39 is 11.8 Å². The van der Waals surface area contributed by atoms with Crippen molar-refractivity contribution in [1.29, 1.82) is 0 Å². The van der Waals surface area contributed by atoms with Crippen molar-refractivity contribution in [2.75, 3.05) is 13.1 Å². The molecule has 0 spiro atoms. The molecule has 3 amide bonds.